The molecule has 92 valence electrons. The SMILES string of the molecule is COc1c(C2(C(=O)O)CCC2)ccc(O)c1F. The second-order valence-electron chi connectivity index (χ2n) is 4.22. The van der Waals surface area contributed by atoms with Crippen molar-refractivity contribution < 1.29 is 24.1 Å². The van der Waals surface area contributed by atoms with E-state index < -0.39 is 23.0 Å². The van der Waals surface area contributed by atoms with E-state index in [1.165, 1.54) is 13.2 Å². The number of aromatic hydroxyl groups is 1. The maximum absolute atomic E-state index is 13.6. The molecule has 1 fully saturated rings. The van der Waals surface area contributed by atoms with Crippen molar-refractivity contribution in [2.75, 3.05) is 7.11 Å². The first-order valence-electron chi connectivity index (χ1n) is 5.32. The summed E-state index contributed by atoms with van der Waals surface area (Å²) in [4.78, 5) is 11.3. The van der Waals surface area contributed by atoms with Gasteiger partial charge in [-0.15, -0.1) is 0 Å². The smallest absolute Gasteiger partial charge is 0.314 e. The summed E-state index contributed by atoms with van der Waals surface area (Å²) in [6.45, 7) is 0. The van der Waals surface area contributed by atoms with Gasteiger partial charge in [0, 0.05) is 5.56 Å². The Morgan fingerprint density at radius 3 is 2.53 bits per heavy atom. The van der Waals surface area contributed by atoms with Crippen LogP contribution < -0.4 is 4.74 Å². The third-order valence-electron chi connectivity index (χ3n) is 3.41. The standard InChI is InChI=1S/C12H13FO4/c1-17-10-7(3-4-8(14)9(10)13)12(11(15)16)5-2-6-12/h3-4,14H,2,5-6H2,1H3,(H,15,16). The number of hydrogen-bond donors (Lipinski definition) is 2. The van der Waals surface area contributed by atoms with Crippen molar-refractivity contribution in [2.24, 2.45) is 0 Å². The Morgan fingerprint density at radius 2 is 2.12 bits per heavy atom. The molecule has 1 aromatic rings. The van der Waals surface area contributed by atoms with Gasteiger partial charge in [-0.3, -0.25) is 4.79 Å². The van der Waals surface area contributed by atoms with Gasteiger partial charge in [0.25, 0.3) is 0 Å². The lowest BCUT2D eigenvalue weighted by Gasteiger charge is -2.38. The Kier molecular flexibility index (Phi) is 2.69. The number of carboxylic acid groups (broad SMARTS) is 1. The van der Waals surface area contributed by atoms with Crippen LogP contribution in [0.4, 0.5) is 4.39 Å². The highest BCUT2D eigenvalue weighted by atomic mass is 19.1. The van der Waals surface area contributed by atoms with Crippen molar-refractivity contribution in [1.29, 1.82) is 0 Å². The van der Waals surface area contributed by atoms with Crippen LogP contribution in [-0.2, 0) is 10.2 Å². The second kappa shape index (κ2) is 3.91. The number of benzene rings is 1. The molecule has 0 aromatic heterocycles. The highest BCUT2D eigenvalue weighted by molar-refractivity contribution is 5.84. The van der Waals surface area contributed by atoms with E-state index in [4.69, 9.17) is 4.74 Å². The predicted molar refractivity (Wildman–Crippen MR) is 57.8 cm³/mol. The zero-order chi connectivity index (χ0) is 12.6. The summed E-state index contributed by atoms with van der Waals surface area (Å²) in [5.41, 5.74) is -0.770. The van der Waals surface area contributed by atoms with Crippen LogP contribution >= 0.6 is 0 Å². The van der Waals surface area contributed by atoms with Crippen LogP contribution in [0.25, 0.3) is 0 Å². The zero-order valence-corrected chi connectivity index (χ0v) is 9.36. The van der Waals surface area contributed by atoms with E-state index in [1.807, 2.05) is 0 Å². The predicted octanol–water partition coefficient (Wildman–Crippen LogP) is 2.05. The first kappa shape index (κ1) is 11.7. The Morgan fingerprint density at radius 1 is 1.47 bits per heavy atom. The van der Waals surface area contributed by atoms with Crippen LogP contribution in [-0.4, -0.2) is 23.3 Å². The highest BCUT2D eigenvalue weighted by Crippen LogP contribution is 2.48. The van der Waals surface area contributed by atoms with Crippen LogP contribution in [0.1, 0.15) is 24.8 Å². The number of carboxylic acids is 1. The number of aliphatic carboxylic acids is 1. The molecule has 0 saturated heterocycles. The molecule has 0 unspecified atom stereocenters. The van der Waals surface area contributed by atoms with E-state index in [2.05, 4.69) is 0 Å². The lowest BCUT2D eigenvalue weighted by molar-refractivity contribution is -0.147. The molecule has 0 aliphatic heterocycles. The van der Waals surface area contributed by atoms with Crippen LogP contribution in [0.3, 0.4) is 0 Å². The minimum absolute atomic E-state index is 0.174. The van der Waals surface area contributed by atoms with Crippen LogP contribution in [0.15, 0.2) is 12.1 Å². The first-order chi connectivity index (χ1) is 8.03. The molecule has 17 heavy (non-hydrogen) atoms. The molecule has 0 amide bonds. The van der Waals surface area contributed by atoms with Crippen molar-refractivity contribution in [1.82, 2.24) is 0 Å². The van der Waals surface area contributed by atoms with Gasteiger partial charge in [-0.25, -0.2) is 0 Å². The molecule has 1 aromatic carbocycles. The summed E-state index contributed by atoms with van der Waals surface area (Å²) < 4.78 is 18.5. The van der Waals surface area contributed by atoms with Gasteiger partial charge in [0.1, 0.15) is 0 Å². The lowest BCUT2D eigenvalue weighted by atomic mass is 9.64. The molecule has 0 atom stereocenters. The largest absolute Gasteiger partial charge is 0.505 e. The van der Waals surface area contributed by atoms with Crippen molar-refractivity contribution in [3.05, 3.63) is 23.5 Å². The Balaban J connectivity index is 2.59. The van der Waals surface area contributed by atoms with E-state index in [0.717, 1.165) is 12.5 Å². The topological polar surface area (TPSA) is 66.8 Å². The molecular weight excluding hydrogens is 227 g/mol. The van der Waals surface area contributed by atoms with Crippen molar-refractivity contribution >= 4 is 5.97 Å². The average molecular weight is 240 g/mol. The molecular formula is C12H13FO4. The van der Waals surface area contributed by atoms with Crippen LogP contribution in [0.2, 0.25) is 0 Å². The van der Waals surface area contributed by atoms with Gasteiger partial charge in [0.2, 0.25) is 5.82 Å². The highest BCUT2D eigenvalue weighted by Gasteiger charge is 2.48. The number of phenols is 1. The Hall–Kier alpha value is -1.78. The fourth-order valence-electron chi connectivity index (χ4n) is 2.25. The van der Waals surface area contributed by atoms with Crippen molar-refractivity contribution in [3.8, 4) is 11.5 Å². The van der Waals surface area contributed by atoms with Crippen molar-refractivity contribution in [2.45, 2.75) is 24.7 Å². The van der Waals surface area contributed by atoms with Crippen LogP contribution in [0, 0.1) is 5.82 Å². The van der Waals surface area contributed by atoms with Gasteiger partial charge in [-0.1, -0.05) is 12.5 Å². The fraction of sp³-hybridized carbons (Fsp3) is 0.417. The Bertz CT molecular complexity index is 466. The number of methoxy groups -OCH3 is 1. The number of hydrogen-bond acceptors (Lipinski definition) is 3. The molecule has 1 aliphatic carbocycles. The van der Waals surface area contributed by atoms with E-state index in [9.17, 15) is 19.4 Å². The molecule has 0 bridgehead atoms. The zero-order valence-electron chi connectivity index (χ0n) is 9.36. The summed E-state index contributed by atoms with van der Waals surface area (Å²) in [7, 11) is 1.26. The maximum Gasteiger partial charge on any atom is 0.314 e. The molecule has 5 heteroatoms. The van der Waals surface area contributed by atoms with Gasteiger partial charge in [-0.05, 0) is 18.9 Å². The normalized spacial score (nSPS) is 17.3. The molecule has 1 saturated carbocycles. The fourth-order valence-corrected chi connectivity index (χ4v) is 2.25. The Labute approximate surface area is 97.6 Å². The number of carbonyl (C=O) groups is 1. The van der Waals surface area contributed by atoms with Gasteiger partial charge < -0.3 is 14.9 Å². The third kappa shape index (κ3) is 1.53. The van der Waals surface area contributed by atoms with E-state index in [0.29, 0.717) is 18.4 Å². The third-order valence-corrected chi connectivity index (χ3v) is 3.41. The number of ether oxygens (including phenoxy) is 1. The first-order valence-corrected chi connectivity index (χ1v) is 5.32. The maximum atomic E-state index is 13.6. The number of halogens is 1. The monoisotopic (exact) mass is 240 g/mol. The lowest BCUT2D eigenvalue weighted by Crippen LogP contribution is -2.42. The molecule has 1 aliphatic rings. The summed E-state index contributed by atoms with van der Waals surface area (Å²) in [6, 6.07) is 2.58. The van der Waals surface area contributed by atoms with Gasteiger partial charge in [0.05, 0.1) is 12.5 Å². The molecule has 2 rings (SSSR count). The minimum Gasteiger partial charge on any atom is -0.505 e. The number of rotatable bonds is 3. The van der Waals surface area contributed by atoms with E-state index in [-0.39, 0.29) is 5.75 Å². The summed E-state index contributed by atoms with van der Waals surface area (Å²) in [5, 5.41) is 18.5. The average Bonchev–Trinajstić information content (AvgIpc) is 2.21. The minimum atomic E-state index is -1.07. The van der Waals surface area contributed by atoms with Gasteiger partial charge >= 0.3 is 5.97 Å². The molecule has 4 nitrogen and oxygen atoms in total. The summed E-state index contributed by atoms with van der Waals surface area (Å²) in [6.07, 6.45) is 1.71. The number of phenolic OH excluding ortho intramolecular Hbond substituents is 1. The summed E-state index contributed by atoms with van der Waals surface area (Å²) in [5.74, 6) is -2.60. The van der Waals surface area contributed by atoms with E-state index >= 15 is 0 Å². The van der Waals surface area contributed by atoms with E-state index in [1.54, 1.807) is 0 Å². The molecule has 0 radical (unpaired) electrons. The second-order valence-corrected chi connectivity index (χ2v) is 4.22. The molecule has 2 N–H and O–H groups in total. The summed E-state index contributed by atoms with van der Waals surface area (Å²) >= 11 is 0. The van der Waals surface area contributed by atoms with Gasteiger partial charge in [0.15, 0.2) is 11.5 Å². The molecule has 0 heterocycles. The van der Waals surface area contributed by atoms with Crippen LogP contribution in [0.5, 0.6) is 11.5 Å². The van der Waals surface area contributed by atoms with Crippen molar-refractivity contribution in [3.63, 3.8) is 0 Å². The van der Waals surface area contributed by atoms with Gasteiger partial charge in [-0.2, -0.15) is 4.39 Å². The molecule has 0 spiro atoms. The quantitative estimate of drug-likeness (QED) is 0.848.